The second-order valence-electron chi connectivity index (χ2n) is 7.21. The SMILES string of the molecule is O=C(NC1CCCCC1)c1ccc(NC(=O)c2nc(-n3cnnc3)ccc2Br)cc1. The van der Waals surface area contributed by atoms with Gasteiger partial charge in [0.15, 0.2) is 0 Å². The van der Waals surface area contributed by atoms with E-state index < -0.39 is 0 Å². The molecule has 1 aromatic carbocycles. The molecule has 0 radical (unpaired) electrons. The van der Waals surface area contributed by atoms with E-state index in [2.05, 4.69) is 41.7 Å². The average molecular weight is 469 g/mol. The number of carbonyl (C=O) groups is 2. The molecule has 1 fully saturated rings. The molecule has 0 bridgehead atoms. The molecule has 0 saturated heterocycles. The van der Waals surface area contributed by atoms with Crippen LogP contribution in [0.3, 0.4) is 0 Å². The van der Waals surface area contributed by atoms with Gasteiger partial charge in [-0.1, -0.05) is 19.3 Å². The van der Waals surface area contributed by atoms with Crippen LogP contribution in [0, 0.1) is 0 Å². The summed E-state index contributed by atoms with van der Waals surface area (Å²) >= 11 is 3.37. The van der Waals surface area contributed by atoms with Crippen molar-refractivity contribution in [2.75, 3.05) is 5.32 Å². The molecule has 2 amide bonds. The largest absolute Gasteiger partial charge is 0.349 e. The lowest BCUT2D eigenvalue weighted by molar-refractivity contribution is 0.0927. The van der Waals surface area contributed by atoms with Crippen LogP contribution < -0.4 is 10.6 Å². The van der Waals surface area contributed by atoms with E-state index in [9.17, 15) is 9.59 Å². The Kier molecular flexibility index (Phi) is 6.18. The lowest BCUT2D eigenvalue weighted by Crippen LogP contribution is -2.36. The smallest absolute Gasteiger partial charge is 0.275 e. The van der Waals surface area contributed by atoms with Crippen LogP contribution in [-0.2, 0) is 0 Å². The Balaban J connectivity index is 1.42. The molecule has 4 rings (SSSR count). The van der Waals surface area contributed by atoms with E-state index in [4.69, 9.17) is 0 Å². The normalized spacial score (nSPS) is 14.3. The summed E-state index contributed by atoms with van der Waals surface area (Å²) in [5.74, 6) is 0.0881. The van der Waals surface area contributed by atoms with Gasteiger partial charge in [0.1, 0.15) is 24.2 Å². The van der Waals surface area contributed by atoms with Crippen molar-refractivity contribution in [1.82, 2.24) is 25.1 Å². The van der Waals surface area contributed by atoms with Gasteiger partial charge in [-0.3, -0.25) is 14.2 Å². The standard InChI is InChI=1S/C21H21BrN6O2/c22-17-10-11-18(28-12-23-24-13-28)27-19(17)21(30)26-16-8-6-14(7-9-16)20(29)25-15-4-2-1-3-5-15/h6-13,15H,1-5H2,(H,25,29)(H,26,30). The van der Waals surface area contributed by atoms with E-state index >= 15 is 0 Å². The number of benzene rings is 1. The Labute approximate surface area is 182 Å². The van der Waals surface area contributed by atoms with Gasteiger partial charge in [0.2, 0.25) is 0 Å². The summed E-state index contributed by atoms with van der Waals surface area (Å²) in [5.41, 5.74) is 1.39. The molecule has 0 unspecified atom stereocenters. The summed E-state index contributed by atoms with van der Waals surface area (Å²) in [6.07, 6.45) is 8.67. The topological polar surface area (TPSA) is 102 Å². The summed E-state index contributed by atoms with van der Waals surface area (Å²) in [6, 6.07) is 10.6. The Morgan fingerprint density at radius 1 is 0.933 bits per heavy atom. The van der Waals surface area contributed by atoms with Crippen molar-refractivity contribution in [3.05, 3.63) is 64.8 Å². The number of hydrogen-bond donors (Lipinski definition) is 2. The van der Waals surface area contributed by atoms with Crippen LogP contribution in [0.1, 0.15) is 53.0 Å². The second-order valence-corrected chi connectivity index (χ2v) is 8.06. The van der Waals surface area contributed by atoms with Crippen molar-refractivity contribution in [3.63, 3.8) is 0 Å². The number of anilines is 1. The Hall–Kier alpha value is -3.07. The predicted molar refractivity (Wildman–Crippen MR) is 116 cm³/mol. The highest BCUT2D eigenvalue weighted by atomic mass is 79.9. The molecule has 154 valence electrons. The highest BCUT2D eigenvalue weighted by Crippen LogP contribution is 2.20. The van der Waals surface area contributed by atoms with Crippen LogP contribution in [-0.4, -0.2) is 37.6 Å². The molecule has 2 N–H and O–H groups in total. The summed E-state index contributed by atoms with van der Waals surface area (Å²) in [6.45, 7) is 0. The summed E-state index contributed by atoms with van der Waals surface area (Å²) < 4.78 is 2.18. The van der Waals surface area contributed by atoms with E-state index in [1.54, 1.807) is 41.0 Å². The van der Waals surface area contributed by atoms with Crippen LogP contribution in [0.4, 0.5) is 5.69 Å². The van der Waals surface area contributed by atoms with E-state index in [-0.39, 0.29) is 23.6 Å². The molecule has 0 spiro atoms. The highest BCUT2D eigenvalue weighted by molar-refractivity contribution is 9.10. The molecule has 0 atom stereocenters. The third-order valence-corrected chi connectivity index (χ3v) is 5.71. The fourth-order valence-corrected chi connectivity index (χ4v) is 3.87. The average Bonchev–Trinajstić information content (AvgIpc) is 3.30. The van der Waals surface area contributed by atoms with Crippen molar-refractivity contribution in [1.29, 1.82) is 0 Å². The molecule has 1 saturated carbocycles. The monoisotopic (exact) mass is 468 g/mol. The van der Waals surface area contributed by atoms with Crippen LogP contribution in [0.2, 0.25) is 0 Å². The van der Waals surface area contributed by atoms with Gasteiger partial charge >= 0.3 is 0 Å². The number of nitrogens with zero attached hydrogens (tertiary/aromatic N) is 4. The number of rotatable bonds is 5. The van der Waals surface area contributed by atoms with Gasteiger partial charge < -0.3 is 10.6 Å². The Bertz CT molecular complexity index is 1030. The molecule has 0 aliphatic heterocycles. The minimum absolute atomic E-state index is 0.0779. The molecule has 9 heteroatoms. The number of aromatic nitrogens is 4. The molecule has 3 aromatic rings. The van der Waals surface area contributed by atoms with Crippen LogP contribution in [0.5, 0.6) is 0 Å². The van der Waals surface area contributed by atoms with E-state index in [1.165, 1.54) is 19.1 Å². The molecular formula is C21H21BrN6O2. The first-order valence-electron chi connectivity index (χ1n) is 9.84. The van der Waals surface area contributed by atoms with Crippen LogP contribution in [0.15, 0.2) is 53.5 Å². The van der Waals surface area contributed by atoms with E-state index in [0.29, 0.717) is 21.5 Å². The molecule has 2 heterocycles. The van der Waals surface area contributed by atoms with Crippen molar-refractivity contribution < 1.29 is 9.59 Å². The first-order chi connectivity index (χ1) is 14.6. The van der Waals surface area contributed by atoms with E-state index in [1.807, 2.05) is 0 Å². The zero-order valence-corrected chi connectivity index (χ0v) is 17.8. The van der Waals surface area contributed by atoms with Gasteiger partial charge in [-0.15, -0.1) is 10.2 Å². The lowest BCUT2D eigenvalue weighted by atomic mass is 9.95. The number of nitrogens with one attached hydrogen (secondary N) is 2. The number of hydrogen-bond acceptors (Lipinski definition) is 5. The van der Waals surface area contributed by atoms with Crippen molar-refractivity contribution in [2.45, 2.75) is 38.1 Å². The summed E-state index contributed by atoms with van der Waals surface area (Å²) in [7, 11) is 0. The van der Waals surface area contributed by atoms with Gasteiger partial charge in [0.05, 0.1) is 0 Å². The summed E-state index contributed by atoms with van der Waals surface area (Å²) in [5, 5.41) is 13.4. The fourth-order valence-electron chi connectivity index (χ4n) is 3.46. The van der Waals surface area contributed by atoms with Crippen LogP contribution in [0.25, 0.3) is 5.82 Å². The quantitative estimate of drug-likeness (QED) is 0.593. The van der Waals surface area contributed by atoms with Gasteiger partial charge in [0.25, 0.3) is 11.8 Å². The minimum atomic E-state index is -0.365. The summed E-state index contributed by atoms with van der Waals surface area (Å²) in [4.78, 5) is 29.5. The van der Waals surface area contributed by atoms with Crippen LogP contribution >= 0.6 is 15.9 Å². The second kappa shape index (κ2) is 9.17. The highest BCUT2D eigenvalue weighted by Gasteiger charge is 2.17. The molecule has 2 aromatic heterocycles. The van der Waals surface area contributed by atoms with Crippen molar-refractivity contribution >= 4 is 33.4 Å². The molecule has 30 heavy (non-hydrogen) atoms. The maximum atomic E-state index is 12.7. The number of pyridine rings is 1. The maximum absolute atomic E-state index is 12.7. The van der Waals surface area contributed by atoms with Crippen molar-refractivity contribution in [2.24, 2.45) is 0 Å². The molecule has 1 aliphatic rings. The van der Waals surface area contributed by atoms with Gasteiger partial charge in [-0.2, -0.15) is 0 Å². The molecule has 1 aliphatic carbocycles. The Morgan fingerprint density at radius 3 is 2.33 bits per heavy atom. The first kappa shape index (κ1) is 20.2. The maximum Gasteiger partial charge on any atom is 0.275 e. The van der Waals surface area contributed by atoms with E-state index in [0.717, 1.165) is 25.7 Å². The number of amides is 2. The molecular weight excluding hydrogens is 448 g/mol. The third-order valence-electron chi connectivity index (χ3n) is 5.08. The zero-order valence-electron chi connectivity index (χ0n) is 16.2. The molecule has 8 nitrogen and oxygen atoms in total. The lowest BCUT2D eigenvalue weighted by Gasteiger charge is -2.22. The third kappa shape index (κ3) is 4.73. The van der Waals surface area contributed by atoms with Crippen molar-refractivity contribution in [3.8, 4) is 5.82 Å². The van der Waals surface area contributed by atoms with Gasteiger partial charge in [-0.05, 0) is 65.2 Å². The number of halogens is 1. The number of carbonyl (C=O) groups excluding carboxylic acids is 2. The minimum Gasteiger partial charge on any atom is -0.349 e. The van der Waals surface area contributed by atoms with Gasteiger partial charge in [-0.25, -0.2) is 4.98 Å². The predicted octanol–water partition coefficient (Wildman–Crippen LogP) is 3.74. The Morgan fingerprint density at radius 2 is 1.63 bits per heavy atom. The fraction of sp³-hybridized carbons (Fsp3) is 0.286. The first-order valence-corrected chi connectivity index (χ1v) is 10.6. The zero-order chi connectivity index (χ0) is 20.9. The van der Waals surface area contributed by atoms with Gasteiger partial charge in [0, 0.05) is 21.8 Å².